The van der Waals surface area contributed by atoms with Crippen molar-refractivity contribution in [1.29, 1.82) is 0 Å². The van der Waals surface area contributed by atoms with Crippen LogP contribution in [0.4, 0.5) is 0 Å². The standard InChI is InChI=1S/C23H20ClN3O3S2/c24-15-9-7-14(8-10-15)20-21-26(13-19(28)25-12-16-4-3-11-30-16)22(29)17-5-1-2-6-18(17)27(21)23(31)32-20/h1-2,5-10,16H,3-4,11-13H2,(H,25,28). The molecule has 1 aliphatic rings. The Morgan fingerprint density at radius 3 is 2.75 bits per heavy atom. The number of thiazole rings is 1. The first-order chi connectivity index (χ1) is 15.5. The summed E-state index contributed by atoms with van der Waals surface area (Å²) >= 11 is 13.2. The van der Waals surface area contributed by atoms with Crippen molar-refractivity contribution >= 4 is 57.6 Å². The van der Waals surface area contributed by atoms with Gasteiger partial charge in [-0.1, -0.05) is 35.9 Å². The van der Waals surface area contributed by atoms with Gasteiger partial charge in [-0.25, -0.2) is 0 Å². The molecule has 164 valence electrons. The van der Waals surface area contributed by atoms with Crippen LogP contribution < -0.4 is 10.9 Å². The summed E-state index contributed by atoms with van der Waals surface area (Å²) in [6.45, 7) is 1.06. The van der Waals surface area contributed by atoms with Crippen molar-refractivity contribution in [2.45, 2.75) is 25.5 Å². The Balaban J connectivity index is 1.66. The number of para-hydroxylation sites is 1. The van der Waals surface area contributed by atoms with Crippen molar-refractivity contribution in [2.24, 2.45) is 0 Å². The molecule has 1 saturated heterocycles. The Hall–Kier alpha value is -2.52. The average molecular weight is 486 g/mol. The van der Waals surface area contributed by atoms with Crippen molar-refractivity contribution < 1.29 is 9.53 Å². The highest BCUT2D eigenvalue weighted by atomic mass is 35.5. The van der Waals surface area contributed by atoms with Crippen LogP contribution in [0.3, 0.4) is 0 Å². The van der Waals surface area contributed by atoms with E-state index in [1.807, 2.05) is 34.7 Å². The monoisotopic (exact) mass is 485 g/mol. The SMILES string of the molecule is O=C(Cn1c(=O)c2ccccc2n2c(=S)sc(-c3ccc(Cl)cc3)c12)NCC1CCCO1. The highest BCUT2D eigenvalue weighted by Crippen LogP contribution is 2.33. The van der Waals surface area contributed by atoms with Gasteiger partial charge in [0.1, 0.15) is 12.2 Å². The first kappa shape index (κ1) is 21.3. The number of ether oxygens (including phenoxy) is 1. The van der Waals surface area contributed by atoms with Crippen molar-refractivity contribution in [3.8, 4) is 10.4 Å². The third-order valence-corrected chi connectivity index (χ3v) is 7.29. The summed E-state index contributed by atoms with van der Waals surface area (Å²) in [5, 5.41) is 4.05. The van der Waals surface area contributed by atoms with Gasteiger partial charge >= 0.3 is 0 Å². The molecule has 0 spiro atoms. The van der Waals surface area contributed by atoms with Gasteiger partial charge in [0.25, 0.3) is 5.56 Å². The maximum atomic E-state index is 13.5. The van der Waals surface area contributed by atoms with Gasteiger partial charge < -0.3 is 10.1 Å². The van der Waals surface area contributed by atoms with E-state index in [1.54, 1.807) is 18.2 Å². The Kier molecular flexibility index (Phi) is 5.86. The molecule has 0 saturated carbocycles. The molecular formula is C23H20ClN3O3S2. The first-order valence-corrected chi connectivity index (χ1v) is 11.9. The number of hydrogen-bond acceptors (Lipinski definition) is 5. The number of carbonyl (C=O) groups excluding carboxylic acids is 1. The average Bonchev–Trinajstić information content (AvgIpc) is 3.44. The van der Waals surface area contributed by atoms with E-state index in [-0.39, 0.29) is 24.1 Å². The highest BCUT2D eigenvalue weighted by Gasteiger charge is 2.21. The molecule has 2 aromatic carbocycles. The summed E-state index contributed by atoms with van der Waals surface area (Å²) in [7, 11) is 0. The number of aromatic nitrogens is 2. The number of fused-ring (bicyclic) bond motifs is 3. The minimum atomic E-state index is -0.237. The topological polar surface area (TPSA) is 64.7 Å². The molecule has 3 heterocycles. The van der Waals surface area contributed by atoms with Crippen LogP contribution in [0, 0.1) is 3.95 Å². The summed E-state index contributed by atoms with van der Waals surface area (Å²) in [5.41, 5.74) is 2.00. The number of hydrogen-bond donors (Lipinski definition) is 1. The predicted octanol–water partition coefficient (Wildman–Crippen LogP) is 4.66. The quantitative estimate of drug-likeness (QED) is 0.417. The van der Waals surface area contributed by atoms with E-state index in [0.717, 1.165) is 35.4 Å². The zero-order valence-electron chi connectivity index (χ0n) is 17.0. The lowest BCUT2D eigenvalue weighted by atomic mass is 10.2. The minimum absolute atomic E-state index is 0.0340. The molecule has 1 aliphatic heterocycles. The molecule has 1 amide bonds. The molecule has 1 fully saturated rings. The normalized spacial score (nSPS) is 16.1. The Morgan fingerprint density at radius 2 is 2.00 bits per heavy atom. The van der Waals surface area contributed by atoms with Crippen LogP contribution in [0.15, 0.2) is 53.3 Å². The van der Waals surface area contributed by atoms with Crippen LogP contribution in [-0.2, 0) is 16.1 Å². The Labute approximate surface area is 198 Å². The zero-order valence-corrected chi connectivity index (χ0v) is 19.4. The molecule has 6 nitrogen and oxygen atoms in total. The van der Waals surface area contributed by atoms with Crippen LogP contribution in [0.1, 0.15) is 12.8 Å². The van der Waals surface area contributed by atoms with Crippen LogP contribution in [0.5, 0.6) is 0 Å². The fraction of sp³-hybridized carbons (Fsp3) is 0.261. The van der Waals surface area contributed by atoms with Crippen LogP contribution >= 0.6 is 35.2 Å². The molecule has 4 aromatic rings. The van der Waals surface area contributed by atoms with E-state index in [4.69, 9.17) is 28.6 Å². The molecule has 1 atom stereocenters. The Morgan fingerprint density at radius 1 is 1.22 bits per heavy atom. The van der Waals surface area contributed by atoms with E-state index in [2.05, 4.69) is 5.32 Å². The second-order valence-corrected chi connectivity index (χ2v) is 9.79. The van der Waals surface area contributed by atoms with Gasteiger partial charge in [-0.2, -0.15) is 0 Å². The van der Waals surface area contributed by atoms with Gasteiger partial charge in [-0.15, -0.1) is 11.3 Å². The highest BCUT2D eigenvalue weighted by molar-refractivity contribution is 7.73. The number of amides is 1. The summed E-state index contributed by atoms with van der Waals surface area (Å²) in [4.78, 5) is 27.1. The summed E-state index contributed by atoms with van der Waals surface area (Å²) in [6, 6.07) is 14.7. The number of rotatable bonds is 5. The van der Waals surface area contributed by atoms with E-state index >= 15 is 0 Å². The summed E-state index contributed by atoms with van der Waals surface area (Å²) in [5.74, 6) is -0.237. The predicted molar refractivity (Wildman–Crippen MR) is 130 cm³/mol. The molecule has 9 heteroatoms. The van der Waals surface area contributed by atoms with Crippen LogP contribution in [-0.4, -0.2) is 34.1 Å². The second-order valence-electron chi connectivity index (χ2n) is 7.71. The van der Waals surface area contributed by atoms with Gasteiger partial charge in [0, 0.05) is 18.2 Å². The third kappa shape index (κ3) is 3.88. The molecule has 0 radical (unpaired) electrons. The van der Waals surface area contributed by atoms with Gasteiger partial charge in [-0.05, 0) is 54.9 Å². The summed E-state index contributed by atoms with van der Waals surface area (Å²) in [6.07, 6.45) is 1.97. The Bertz CT molecular complexity index is 1430. The van der Waals surface area contributed by atoms with Crippen molar-refractivity contribution in [2.75, 3.05) is 13.2 Å². The maximum Gasteiger partial charge on any atom is 0.262 e. The van der Waals surface area contributed by atoms with E-state index in [9.17, 15) is 9.59 Å². The molecule has 32 heavy (non-hydrogen) atoms. The van der Waals surface area contributed by atoms with E-state index < -0.39 is 0 Å². The largest absolute Gasteiger partial charge is 0.376 e. The lowest BCUT2D eigenvalue weighted by molar-refractivity contribution is -0.122. The van der Waals surface area contributed by atoms with Crippen molar-refractivity contribution in [3.63, 3.8) is 0 Å². The molecule has 2 aromatic heterocycles. The molecule has 5 rings (SSSR count). The summed E-state index contributed by atoms with van der Waals surface area (Å²) < 4.78 is 9.59. The van der Waals surface area contributed by atoms with E-state index in [1.165, 1.54) is 15.9 Å². The number of benzene rings is 2. The lowest BCUT2D eigenvalue weighted by Crippen LogP contribution is -2.37. The second kappa shape index (κ2) is 8.78. The van der Waals surface area contributed by atoms with Crippen molar-refractivity contribution in [1.82, 2.24) is 14.3 Å². The number of halogens is 1. The fourth-order valence-corrected chi connectivity index (χ4v) is 5.64. The lowest BCUT2D eigenvalue weighted by Gasteiger charge is -2.15. The van der Waals surface area contributed by atoms with Gasteiger partial charge in [0.2, 0.25) is 5.91 Å². The van der Waals surface area contributed by atoms with Gasteiger partial charge in [0.05, 0.1) is 21.9 Å². The maximum absolute atomic E-state index is 13.5. The van der Waals surface area contributed by atoms with Gasteiger partial charge in [0.15, 0.2) is 3.95 Å². The number of nitrogens with one attached hydrogen (secondary N) is 1. The molecular weight excluding hydrogens is 466 g/mol. The first-order valence-electron chi connectivity index (χ1n) is 10.3. The molecule has 1 N–H and O–H groups in total. The fourth-order valence-electron chi connectivity index (χ4n) is 4.08. The third-order valence-electron chi connectivity index (χ3n) is 5.62. The van der Waals surface area contributed by atoms with Crippen LogP contribution in [0.25, 0.3) is 27.0 Å². The van der Waals surface area contributed by atoms with Crippen LogP contribution in [0.2, 0.25) is 5.02 Å². The van der Waals surface area contributed by atoms with E-state index in [0.29, 0.717) is 26.6 Å². The zero-order chi connectivity index (χ0) is 22.2. The van der Waals surface area contributed by atoms with Crippen molar-refractivity contribution in [3.05, 3.63) is 67.9 Å². The smallest absolute Gasteiger partial charge is 0.262 e. The molecule has 1 unspecified atom stereocenters. The molecule has 0 aliphatic carbocycles. The minimum Gasteiger partial charge on any atom is -0.376 e. The number of nitrogens with zero attached hydrogens (tertiary/aromatic N) is 2. The molecule has 0 bridgehead atoms. The van der Waals surface area contributed by atoms with Gasteiger partial charge in [-0.3, -0.25) is 18.6 Å². The number of carbonyl (C=O) groups is 1.